The van der Waals surface area contributed by atoms with Gasteiger partial charge in [0.2, 0.25) is 5.82 Å². The van der Waals surface area contributed by atoms with Gasteiger partial charge in [-0.2, -0.15) is 5.10 Å². The van der Waals surface area contributed by atoms with E-state index in [9.17, 15) is 0 Å². The van der Waals surface area contributed by atoms with E-state index in [1.54, 1.807) is 26.9 Å². The fraction of sp³-hybridized carbons (Fsp3) is 0.235. The van der Waals surface area contributed by atoms with Crippen LogP contribution < -0.4 is 0 Å². The minimum absolute atomic E-state index is 0.492. The lowest BCUT2D eigenvalue weighted by molar-refractivity contribution is 0.741. The van der Waals surface area contributed by atoms with Crippen molar-refractivity contribution in [1.82, 2.24) is 34.3 Å². The molecule has 0 radical (unpaired) electrons. The van der Waals surface area contributed by atoms with E-state index >= 15 is 0 Å². The van der Waals surface area contributed by atoms with Gasteiger partial charge in [-0.15, -0.1) is 16.4 Å². The van der Waals surface area contributed by atoms with E-state index in [-0.39, 0.29) is 0 Å². The molecule has 0 saturated carbocycles. The molecule has 0 saturated heterocycles. The second kappa shape index (κ2) is 5.21. The first-order valence-corrected chi connectivity index (χ1v) is 9.25. The Labute approximate surface area is 157 Å². The van der Waals surface area contributed by atoms with Gasteiger partial charge < -0.3 is 0 Å². The molecule has 0 unspecified atom stereocenters. The molecule has 0 aliphatic carbocycles. The number of hydrogen-bond donors (Lipinski definition) is 0. The molecular weight excluding hydrogens is 370 g/mol. The summed E-state index contributed by atoms with van der Waals surface area (Å²) in [4.78, 5) is 14.9. The van der Waals surface area contributed by atoms with Gasteiger partial charge in [-0.3, -0.25) is 4.68 Å². The number of fused-ring (bicyclic) bond motifs is 5. The first-order chi connectivity index (χ1) is 12.4. The molecule has 0 aromatic carbocycles. The number of thiophene rings is 1. The predicted octanol–water partition coefficient (Wildman–Crippen LogP) is 3.87. The molecule has 26 heavy (non-hydrogen) atoms. The highest BCUT2D eigenvalue weighted by molar-refractivity contribution is 7.26. The van der Waals surface area contributed by atoms with Crippen LogP contribution in [-0.2, 0) is 7.05 Å². The lowest BCUT2D eigenvalue weighted by Crippen LogP contribution is -1.93. The summed E-state index contributed by atoms with van der Waals surface area (Å²) in [7, 11) is 1.85. The molecule has 9 heteroatoms. The Hall–Kier alpha value is -2.58. The average molecular weight is 384 g/mol. The molecule has 0 amide bonds. The number of rotatable bonds is 1. The summed E-state index contributed by atoms with van der Waals surface area (Å²) in [6.07, 6.45) is 1.68. The van der Waals surface area contributed by atoms with Gasteiger partial charge in [-0.25, -0.2) is 19.5 Å². The Bertz CT molecular complexity index is 1340. The van der Waals surface area contributed by atoms with Crippen LogP contribution in [0.1, 0.15) is 17.0 Å². The molecule has 5 aromatic rings. The molecule has 5 rings (SSSR count). The quantitative estimate of drug-likeness (QED) is 0.439. The van der Waals surface area contributed by atoms with Crippen molar-refractivity contribution in [3.05, 3.63) is 34.4 Å². The van der Waals surface area contributed by atoms with E-state index in [1.165, 1.54) is 5.56 Å². The molecule has 0 fully saturated rings. The van der Waals surface area contributed by atoms with Gasteiger partial charge in [0.25, 0.3) is 0 Å². The summed E-state index contributed by atoms with van der Waals surface area (Å²) in [6.45, 7) is 6.00. The van der Waals surface area contributed by atoms with E-state index < -0.39 is 0 Å². The molecule has 0 aliphatic heterocycles. The normalized spacial score (nSPS) is 12.0. The maximum Gasteiger partial charge on any atom is 0.204 e. The topological polar surface area (TPSA) is 73.8 Å². The molecule has 130 valence electrons. The van der Waals surface area contributed by atoms with Crippen LogP contribution in [0, 0.1) is 20.8 Å². The lowest BCUT2D eigenvalue weighted by Gasteiger charge is -1.98. The molecule has 5 aromatic heterocycles. The third kappa shape index (κ3) is 2.02. The Balaban J connectivity index is 1.84. The fourth-order valence-electron chi connectivity index (χ4n) is 3.19. The summed E-state index contributed by atoms with van der Waals surface area (Å²) >= 11 is 7.99. The molecule has 7 nitrogen and oxygen atoms in total. The number of pyridine rings is 1. The van der Waals surface area contributed by atoms with E-state index in [4.69, 9.17) is 16.6 Å². The van der Waals surface area contributed by atoms with Crippen LogP contribution in [-0.4, -0.2) is 34.3 Å². The van der Waals surface area contributed by atoms with Crippen molar-refractivity contribution >= 4 is 49.0 Å². The first-order valence-electron chi connectivity index (χ1n) is 8.05. The largest absolute Gasteiger partial charge is 0.271 e. The second-order valence-electron chi connectivity index (χ2n) is 6.36. The summed E-state index contributed by atoms with van der Waals surface area (Å²) in [6, 6.07) is 2.08. The van der Waals surface area contributed by atoms with E-state index in [0.717, 1.165) is 37.5 Å². The zero-order chi connectivity index (χ0) is 18.2. The van der Waals surface area contributed by atoms with Gasteiger partial charge in [0.05, 0.1) is 16.2 Å². The van der Waals surface area contributed by atoms with Gasteiger partial charge in [0, 0.05) is 18.1 Å². The van der Waals surface area contributed by atoms with E-state index in [1.807, 2.05) is 20.9 Å². The third-order valence-electron chi connectivity index (χ3n) is 4.57. The monoisotopic (exact) mass is 383 g/mol. The zero-order valence-corrected chi connectivity index (χ0v) is 16.1. The van der Waals surface area contributed by atoms with Crippen molar-refractivity contribution < 1.29 is 0 Å². The van der Waals surface area contributed by atoms with Crippen LogP contribution in [0.4, 0.5) is 0 Å². The minimum Gasteiger partial charge on any atom is -0.271 e. The highest BCUT2D eigenvalue weighted by atomic mass is 35.5. The molecule has 0 spiro atoms. The van der Waals surface area contributed by atoms with Crippen LogP contribution in [0.5, 0.6) is 0 Å². The van der Waals surface area contributed by atoms with Crippen molar-refractivity contribution in [2.45, 2.75) is 20.8 Å². The predicted molar refractivity (Wildman–Crippen MR) is 103 cm³/mol. The number of aromatic nitrogens is 7. The molecule has 0 atom stereocenters. The number of halogens is 1. The SMILES string of the molecule is Cc1cc(C)c2c(n1)sc1c2ncn2nc(-c3nn(C)c(C)c3Cl)nc12. The first kappa shape index (κ1) is 15.7. The second-order valence-corrected chi connectivity index (χ2v) is 7.74. The van der Waals surface area contributed by atoms with Crippen LogP contribution in [0.2, 0.25) is 5.02 Å². The molecule has 0 N–H and O–H groups in total. The van der Waals surface area contributed by atoms with Crippen molar-refractivity contribution in [2.75, 3.05) is 0 Å². The van der Waals surface area contributed by atoms with Crippen molar-refractivity contribution in [1.29, 1.82) is 0 Å². The highest BCUT2D eigenvalue weighted by Gasteiger charge is 2.20. The molecule has 0 bridgehead atoms. The number of hydrogen-bond acceptors (Lipinski definition) is 6. The van der Waals surface area contributed by atoms with Gasteiger partial charge >= 0.3 is 0 Å². The Morgan fingerprint density at radius 1 is 1.12 bits per heavy atom. The van der Waals surface area contributed by atoms with Gasteiger partial charge in [0.15, 0.2) is 11.3 Å². The average Bonchev–Trinajstić information content (AvgIpc) is 3.24. The van der Waals surface area contributed by atoms with Crippen LogP contribution in [0.3, 0.4) is 0 Å². The maximum absolute atomic E-state index is 6.40. The summed E-state index contributed by atoms with van der Waals surface area (Å²) in [5.41, 5.74) is 5.26. The van der Waals surface area contributed by atoms with Gasteiger partial charge in [-0.05, 0) is 32.4 Å². The van der Waals surface area contributed by atoms with Crippen LogP contribution in [0.25, 0.3) is 37.6 Å². The Kier molecular flexibility index (Phi) is 3.14. The van der Waals surface area contributed by atoms with Crippen molar-refractivity contribution in [3.8, 4) is 11.5 Å². The third-order valence-corrected chi connectivity index (χ3v) is 6.09. The smallest absolute Gasteiger partial charge is 0.204 e. The Morgan fingerprint density at radius 2 is 1.92 bits per heavy atom. The summed E-state index contributed by atoms with van der Waals surface area (Å²) in [5, 5.41) is 10.6. The fourth-order valence-corrected chi connectivity index (χ4v) is 4.66. The lowest BCUT2D eigenvalue weighted by atomic mass is 10.1. The maximum atomic E-state index is 6.40. The van der Waals surface area contributed by atoms with Crippen LogP contribution in [0.15, 0.2) is 12.4 Å². The molecule has 0 aliphatic rings. The zero-order valence-electron chi connectivity index (χ0n) is 14.6. The van der Waals surface area contributed by atoms with Crippen molar-refractivity contribution in [3.63, 3.8) is 0 Å². The van der Waals surface area contributed by atoms with Gasteiger partial charge in [-0.1, -0.05) is 11.6 Å². The number of nitrogens with zero attached hydrogens (tertiary/aromatic N) is 7. The van der Waals surface area contributed by atoms with Crippen LogP contribution >= 0.6 is 22.9 Å². The standard InChI is InChI=1S/C17H14ClN7S/c1-7-5-8(2)20-17-10(7)12-14(26-17)16-21-15(23-25(16)6-19-12)13-11(18)9(3)24(4)22-13/h5-6H,1-4H3. The highest BCUT2D eigenvalue weighted by Crippen LogP contribution is 2.36. The summed E-state index contributed by atoms with van der Waals surface area (Å²) < 4.78 is 4.37. The van der Waals surface area contributed by atoms with E-state index in [0.29, 0.717) is 16.5 Å². The minimum atomic E-state index is 0.492. The Morgan fingerprint density at radius 3 is 2.65 bits per heavy atom. The van der Waals surface area contributed by atoms with E-state index in [2.05, 4.69) is 33.2 Å². The van der Waals surface area contributed by atoms with Gasteiger partial charge in [0.1, 0.15) is 15.9 Å². The summed E-state index contributed by atoms with van der Waals surface area (Å²) in [5.74, 6) is 0.492. The van der Waals surface area contributed by atoms with Crippen molar-refractivity contribution in [2.24, 2.45) is 7.05 Å². The molecule has 5 heterocycles. The number of aryl methyl sites for hydroxylation is 3. The molecular formula is C17H14ClN7S.